The maximum Gasteiger partial charge on any atom is 0.311 e. The number of anilines is 1. The molecule has 2 aromatic carbocycles. The fourth-order valence-electron chi connectivity index (χ4n) is 2.31. The van der Waals surface area contributed by atoms with Gasteiger partial charge < -0.3 is 14.8 Å². The Morgan fingerprint density at radius 1 is 1.22 bits per heavy atom. The lowest BCUT2D eigenvalue weighted by Crippen LogP contribution is -2.25. The number of aryl methyl sites for hydroxylation is 2. The highest BCUT2D eigenvalue weighted by Crippen LogP contribution is 2.31. The summed E-state index contributed by atoms with van der Waals surface area (Å²) >= 11 is 0. The van der Waals surface area contributed by atoms with Crippen LogP contribution in [0.15, 0.2) is 42.5 Å². The fraction of sp³-hybridized carbons (Fsp3) is 0.222. The van der Waals surface area contributed by atoms with E-state index in [1.807, 2.05) is 31.2 Å². The average molecular weight is 311 g/mol. The summed E-state index contributed by atoms with van der Waals surface area (Å²) in [6.45, 7) is 2.03. The van der Waals surface area contributed by atoms with Crippen molar-refractivity contribution in [2.75, 3.05) is 11.9 Å². The lowest BCUT2D eigenvalue weighted by molar-refractivity contribution is -0.134. The molecule has 0 saturated carbocycles. The van der Waals surface area contributed by atoms with E-state index >= 15 is 0 Å². The van der Waals surface area contributed by atoms with Crippen LogP contribution < -0.4 is 14.8 Å². The zero-order chi connectivity index (χ0) is 16.2. The van der Waals surface area contributed by atoms with Gasteiger partial charge in [-0.3, -0.25) is 9.59 Å². The second kappa shape index (κ2) is 6.52. The summed E-state index contributed by atoms with van der Waals surface area (Å²) in [7, 11) is 0. The Balaban J connectivity index is 1.58. The van der Waals surface area contributed by atoms with Crippen molar-refractivity contribution in [2.45, 2.75) is 19.8 Å². The van der Waals surface area contributed by atoms with Crippen LogP contribution in [0.3, 0.4) is 0 Å². The molecule has 1 aliphatic rings. The summed E-state index contributed by atoms with van der Waals surface area (Å²) in [4.78, 5) is 23.2. The van der Waals surface area contributed by atoms with Crippen molar-refractivity contribution < 1.29 is 19.1 Å². The van der Waals surface area contributed by atoms with Crippen molar-refractivity contribution in [2.24, 2.45) is 0 Å². The normalized spacial score (nSPS) is 12.8. The van der Waals surface area contributed by atoms with Crippen LogP contribution in [-0.2, 0) is 16.0 Å². The molecule has 5 heteroatoms. The number of ether oxygens (including phenoxy) is 2. The molecular formula is C18H17NO4. The van der Waals surface area contributed by atoms with Gasteiger partial charge in [-0.05, 0) is 31.0 Å². The van der Waals surface area contributed by atoms with Gasteiger partial charge in [0.25, 0.3) is 5.91 Å². The highest BCUT2D eigenvalue weighted by atomic mass is 16.5. The molecule has 0 saturated heterocycles. The van der Waals surface area contributed by atoms with E-state index in [2.05, 4.69) is 5.32 Å². The van der Waals surface area contributed by atoms with Crippen LogP contribution in [0.2, 0.25) is 0 Å². The lowest BCUT2D eigenvalue weighted by atomic mass is 10.1. The van der Waals surface area contributed by atoms with Crippen molar-refractivity contribution in [3.63, 3.8) is 0 Å². The third kappa shape index (κ3) is 3.88. The molecule has 1 amide bonds. The molecule has 3 rings (SSSR count). The monoisotopic (exact) mass is 311 g/mol. The number of esters is 1. The predicted molar refractivity (Wildman–Crippen MR) is 85.7 cm³/mol. The van der Waals surface area contributed by atoms with E-state index in [0.717, 1.165) is 5.56 Å². The van der Waals surface area contributed by atoms with E-state index in [-0.39, 0.29) is 18.5 Å². The molecule has 1 aliphatic heterocycles. The topological polar surface area (TPSA) is 64.6 Å². The van der Waals surface area contributed by atoms with E-state index in [4.69, 9.17) is 9.47 Å². The Kier molecular flexibility index (Phi) is 4.28. The summed E-state index contributed by atoms with van der Waals surface area (Å²) in [5.41, 5.74) is 2.80. The Labute approximate surface area is 134 Å². The smallest absolute Gasteiger partial charge is 0.311 e. The van der Waals surface area contributed by atoms with Gasteiger partial charge in [-0.1, -0.05) is 29.8 Å². The fourth-order valence-corrected chi connectivity index (χ4v) is 2.31. The molecule has 0 spiro atoms. The van der Waals surface area contributed by atoms with Crippen LogP contribution in [0.4, 0.5) is 5.69 Å². The van der Waals surface area contributed by atoms with Crippen LogP contribution in [0, 0.1) is 6.92 Å². The van der Waals surface area contributed by atoms with Gasteiger partial charge >= 0.3 is 5.97 Å². The van der Waals surface area contributed by atoms with E-state index in [1.165, 1.54) is 5.56 Å². The van der Waals surface area contributed by atoms with Gasteiger partial charge in [0, 0.05) is 12.5 Å². The second-order valence-corrected chi connectivity index (χ2v) is 5.45. The van der Waals surface area contributed by atoms with Crippen LogP contribution >= 0.6 is 0 Å². The number of hydrogen-bond acceptors (Lipinski definition) is 4. The van der Waals surface area contributed by atoms with E-state index in [1.54, 1.807) is 18.2 Å². The van der Waals surface area contributed by atoms with Crippen molar-refractivity contribution in [1.82, 2.24) is 0 Å². The number of carbonyl (C=O) groups excluding carboxylic acids is 2. The number of nitrogens with one attached hydrogen (secondary N) is 1. The minimum atomic E-state index is -0.312. The zero-order valence-corrected chi connectivity index (χ0v) is 12.8. The Morgan fingerprint density at radius 2 is 2.00 bits per heavy atom. The first-order chi connectivity index (χ1) is 11.1. The first-order valence-electron chi connectivity index (χ1n) is 7.43. The van der Waals surface area contributed by atoms with Crippen LogP contribution in [0.1, 0.15) is 17.5 Å². The van der Waals surface area contributed by atoms with Gasteiger partial charge in [0.15, 0.2) is 6.61 Å². The number of amides is 1. The lowest BCUT2D eigenvalue weighted by Gasteiger charge is -2.18. The van der Waals surface area contributed by atoms with Gasteiger partial charge in [0.2, 0.25) is 0 Å². The first kappa shape index (κ1) is 15.1. The van der Waals surface area contributed by atoms with Crippen molar-refractivity contribution in [1.29, 1.82) is 0 Å². The first-order valence-corrected chi connectivity index (χ1v) is 7.43. The number of hydrogen-bond donors (Lipinski definition) is 1. The highest BCUT2D eigenvalue weighted by molar-refractivity contribution is 5.95. The molecule has 118 valence electrons. The summed E-state index contributed by atoms with van der Waals surface area (Å²) < 4.78 is 10.6. The third-order valence-corrected chi connectivity index (χ3v) is 3.55. The Bertz CT molecular complexity index is 737. The maximum atomic E-state index is 11.9. The molecule has 1 heterocycles. The molecular weight excluding hydrogens is 294 g/mol. The van der Waals surface area contributed by atoms with Crippen molar-refractivity contribution in [3.8, 4) is 11.5 Å². The SMILES string of the molecule is Cc1ccc(CCC(=O)Oc2ccc3c(c2)NC(=O)CO3)cc1. The minimum Gasteiger partial charge on any atom is -0.482 e. The van der Waals surface area contributed by atoms with Crippen molar-refractivity contribution in [3.05, 3.63) is 53.6 Å². The van der Waals surface area contributed by atoms with E-state index < -0.39 is 0 Å². The van der Waals surface area contributed by atoms with Gasteiger partial charge in [0.1, 0.15) is 11.5 Å². The number of fused-ring (bicyclic) bond motifs is 1. The predicted octanol–water partition coefficient (Wildman–Crippen LogP) is 2.86. The summed E-state index contributed by atoms with van der Waals surface area (Å²) in [6, 6.07) is 13.0. The molecule has 0 aromatic heterocycles. The largest absolute Gasteiger partial charge is 0.482 e. The van der Waals surface area contributed by atoms with E-state index in [9.17, 15) is 9.59 Å². The summed E-state index contributed by atoms with van der Waals surface area (Å²) in [6.07, 6.45) is 0.924. The highest BCUT2D eigenvalue weighted by Gasteiger charge is 2.17. The molecule has 0 bridgehead atoms. The molecule has 0 radical (unpaired) electrons. The maximum absolute atomic E-state index is 11.9. The summed E-state index contributed by atoms with van der Waals surface area (Å²) in [5.74, 6) is 0.432. The molecule has 5 nitrogen and oxygen atoms in total. The van der Waals surface area contributed by atoms with Crippen LogP contribution in [0.5, 0.6) is 11.5 Å². The molecule has 0 atom stereocenters. The molecule has 0 fully saturated rings. The standard InChI is InChI=1S/C18H17NO4/c1-12-2-4-13(5-3-12)6-9-18(21)23-14-7-8-16-15(10-14)19-17(20)11-22-16/h2-5,7-8,10H,6,9,11H2,1H3,(H,19,20). The molecule has 0 unspecified atom stereocenters. The molecule has 1 N–H and O–H groups in total. The quantitative estimate of drug-likeness (QED) is 0.696. The zero-order valence-electron chi connectivity index (χ0n) is 12.8. The number of carbonyl (C=O) groups is 2. The van der Waals surface area contributed by atoms with E-state index in [0.29, 0.717) is 30.0 Å². The van der Waals surface area contributed by atoms with Gasteiger partial charge in [-0.25, -0.2) is 0 Å². The second-order valence-electron chi connectivity index (χ2n) is 5.45. The molecule has 2 aromatic rings. The van der Waals surface area contributed by atoms with Crippen molar-refractivity contribution >= 4 is 17.6 Å². The minimum absolute atomic E-state index is 0.00266. The third-order valence-electron chi connectivity index (χ3n) is 3.55. The van der Waals surface area contributed by atoms with Crippen LogP contribution in [0.25, 0.3) is 0 Å². The Hall–Kier alpha value is -2.82. The van der Waals surface area contributed by atoms with Gasteiger partial charge in [-0.2, -0.15) is 0 Å². The molecule has 0 aliphatic carbocycles. The van der Waals surface area contributed by atoms with Gasteiger partial charge in [0.05, 0.1) is 5.69 Å². The number of rotatable bonds is 4. The summed E-state index contributed by atoms with van der Waals surface area (Å²) in [5, 5.41) is 2.68. The van der Waals surface area contributed by atoms with Crippen LogP contribution in [-0.4, -0.2) is 18.5 Å². The number of benzene rings is 2. The van der Waals surface area contributed by atoms with Gasteiger partial charge in [-0.15, -0.1) is 0 Å². The Morgan fingerprint density at radius 3 is 2.78 bits per heavy atom. The molecule has 23 heavy (non-hydrogen) atoms. The average Bonchev–Trinajstić information content (AvgIpc) is 2.54.